The molecule has 0 bridgehead atoms. The van der Waals surface area contributed by atoms with E-state index in [1.165, 1.54) is 0 Å². The van der Waals surface area contributed by atoms with Crippen LogP contribution in [0.1, 0.15) is 38.6 Å². The summed E-state index contributed by atoms with van der Waals surface area (Å²) in [5.41, 5.74) is 1.14. The van der Waals surface area contributed by atoms with Crippen molar-refractivity contribution in [1.29, 1.82) is 0 Å². The topological polar surface area (TPSA) is 50.3 Å². The van der Waals surface area contributed by atoms with Crippen LogP contribution in [0.25, 0.3) is 0 Å². The maximum atomic E-state index is 5.52. The van der Waals surface area contributed by atoms with Crippen molar-refractivity contribution in [2.75, 3.05) is 36.5 Å². The van der Waals surface area contributed by atoms with Gasteiger partial charge in [-0.1, -0.05) is 13.8 Å². The van der Waals surface area contributed by atoms with Gasteiger partial charge in [-0.15, -0.1) is 0 Å². The van der Waals surface area contributed by atoms with Gasteiger partial charge in [0.2, 0.25) is 0 Å². The summed E-state index contributed by atoms with van der Waals surface area (Å²) in [6.07, 6.45) is 1.95. The number of nitrogens with one attached hydrogen (secondary N) is 1. The molecule has 1 aromatic heterocycles. The minimum absolute atomic E-state index is 0.362. The molecule has 1 aliphatic rings. The summed E-state index contributed by atoms with van der Waals surface area (Å²) < 4.78 is 5.52. The fourth-order valence-corrected chi connectivity index (χ4v) is 2.44. The molecule has 2 heterocycles. The third-order valence-electron chi connectivity index (χ3n) is 3.66. The van der Waals surface area contributed by atoms with Crippen molar-refractivity contribution >= 4 is 11.6 Å². The smallest absolute Gasteiger partial charge is 0.137 e. The molecule has 20 heavy (non-hydrogen) atoms. The number of ether oxygens (including phenoxy) is 1. The van der Waals surface area contributed by atoms with E-state index in [2.05, 4.69) is 42.9 Å². The summed E-state index contributed by atoms with van der Waals surface area (Å²) in [6, 6.07) is 0.362. The van der Waals surface area contributed by atoms with Crippen LogP contribution in [-0.2, 0) is 11.2 Å². The Kier molecular flexibility index (Phi) is 5.17. The van der Waals surface area contributed by atoms with E-state index in [4.69, 9.17) is 9.72 Å². The largest absolute Gasteiger partial charge is 0.377 e. The zero-order chi connectivity index (χ0) is 14.5. The average Bonchev–Trinajstić information content (AvgIpc) is 2.47. The number of aromatic nitrogens is 2. The molecule has 0 saturated carbocycles. The highest BCUT2D eigenvalue weighted by atomic mass is 16.5. The van der Waals surface area contributed by atoms with Gasteiger partial charge in [0, 0.05) is 25.1 Å². The fraction of sp³-hybridized carbons (Fsp3) is 0.733. The van der Waals surface area contributed by atoms with Crippen molar-refractivity contribution < 1.29 is 4.74 Å². The van der Waals surface area contributed by atoms with Crippen molar-refractivity contribution in [2.45, 2.75) is 46.6 Å². The van der Waals surface area contributed by atoms with Gasteiger partial charge in [-0.3, -0.25) is 0 Å². The number of rotatable bonds is 5. The van der Waals surface area contributed by atoms with Gasteiger partial charge in [0.1, 0.15) is 17.5 Å². The predicted octanol–water partition coefficient (Wildman–Crippen LogP) is 2.39. The van der Waals surface area contributed by atoms with Crippen molar-refractivity contribution in [2.24, 2.45) is 0 Å². The summed E-state index contributed by atoms with van der Waals surface area (Å²) in [5, 5.41) is 3.42. The Hall–Kier alpha value is -1.36. The van der Waals surface area contributed by atoms with E-state index in [0.29, 0.717) is 6.04 Å². The van der Waals surface area contributed by atoms with Gasteiger partial charge < -0.3 is 15.0 Å². The first kappa shape index (κ1) is 15.0. The zero-order valence-corrected chi connectivity index (χ0v) is 13.1. The van der Waals surface area contributed by atoms with Gasteiger partial charge in [-0.25, -0.2) is 9.97 Å². The standard InChI is InChI=1S/C15H26N4O/c1-5-7-16-14-12(4)15(18-13(6-2)17-14)19-8-9-20-10-11(19)3/h11H,5-10H2,1-4H3,(H,16,17,18). The third kappa shape index (κ3) is 3.20. The second-order valence-electron chi connectivity index (χ2n) is 5.33. The molecule has 1 aliphatic heterocycles. The summed E-state index contributed by atoms with van der Waals surface area (Å²) in [4.78, 5) is 11.7. The fourth-order valence-electron chi connectivity index (χ4n) is 2.44. The van der Waals surface area contributed by atoms with Crippen LogP contribution in [0.15, 0.2) is 0 Å². The van der Waals surface area contributed by atoms with Crippen LogP contribution in [-0.4, -0.2) is 42.3 Å². The monoisotopic (exact) mass is 278 g/mol. The maximum absolute atomic E-state index is 5.52. The van der Waals surface area contributed by atoms with Gasteiger partial charge in [-0.05, 0) is 20.3 Å². The summed E-state index contributed by atoms with van der Waals surface area (Å²) in [7, 11) is 0. The van der Waals surface area contributed by atoms with Gasteiger partial charge in [-0.2, -0.15) is 0 Å². The molecule has 0 amide bonds. The molecule has 1 atom stereocenters. The molecule has 5 heteroatoms. The second-order valence-corrected chi connectivity index (χ2v) is 5.33. The van der Waals surface area contributed by atoms with E-state index in [-0.39, 0.29) is 0 Å². The molecule has 1 N–H and O–H groups in total. The molecular formula is C15H26N4O. The van der Waals surface area contributed by atoms with Crippen molar-refractivity contribution in [3.8, 4) is 0 Å². The Morgan fingerprint density at radius 3 is 2.80 bits per heavy atom. The maximum Gasteiger partial charge on any atom is 0.137 e. The Balaban J connectivity index is 2.34. The molecule has 2 rings (SSSR count). The second kappa shape index (κ2) is 6.88. The minimum atomic E-state index is 0.362. The molecule has 5 nitrogen and oxygen atoms in total. The van der Waals surface area contributed by atoms with E-state index in [1.54, 1.807) is 0 Å². The van der Waals surface area contributed by atoms with Crippen LogP contribution >= 0.6 is 0 Å². The van der Waals surface area contributed by atoms with Gasteiger partial charge in [0.05, 0.1) is 19.3 Å². The summed E-state index contributed by atoms with van der Waals surface area (Å²) in [5.74, 6) is 2.95. The Morgan fingerprint density at radius 1 is 1.35 bits per heavy atom. The van der Waals surface area contributed by atoms with Crippen molar-refractivity contribution in [3.05, 3.63) is 11.4 Å². The molecule has 0 radical (unpaired) electrons. The minimum Gasteiger partial charge on any atom is -0.377 e. The lowest BCUT2D eigenvalue weighted by Crippen LogP contribution is -2.44. The van der Waals surface area contributed by atoms with E-state index in [1.807, 2.05) is 0 Å². The average molecular weight is 278 g/mol. The number of aryl methyl sites for hydroxylation is 1. The lowest BCUT2D eigenvalue weighted by Gasteiger charge is -2.35. The van der Waals surface area contributed by atoms with Crippen molar-refractivity contribution in [1.82, 2.24) is 9.97 Å². The van der Waals surface area contributed by atoms with Crippen LogP contribution in [0, 0.1) is 6.92 Å². The quantitative estimate of drug-likeness (QED) is 0.896. The molecule has 1 unspecified atom stereocenters. The van der Waals surface area contributed by atoms with Gasteiger partial charge >= 0.3 is 0 Å². The first-order valence-corrected chi connectivity index (χ1v) is 7.63. The molecule has 1 fully saturated rings. The Labute approximate surface area is 121 Å². The Bertz CT molecular complexity index is 450. The van der Waals surface area contributed by atoms with Gasteiger partial charge in [0.15, 0.2) is 0 Å². The van der Waals surface area contributed by atoms with Crippen LogP contribution in [0.5, 0.6) is 0 Å². The molecule has 0 aliphatic carbocycles. The molecule has 1 aromatic rings. The first-order valence-electron chi connectivity index (χ1n) is 7.63. The molecule has 0 aromatic carbocycles. The first-order chi connectivity index (χ1) is 9.67. The summed E-state index contributed by atoms with van der Waals surface area (Å²) in [6.45, 7) is 11.9. The van der Waals surface area contributed by atoms with Crippen LogP contribution in [0.2, 0.25) is 0 Å². The van der Waals surface area contributed by atoms with Crippen molar-refractivity contribution in [3.63, 3.8) is 0 Å². The Morgan fingerprint density at radius 2 is 2.15 bits per heavy atom. The molecule has 112 valence electrons. The highest BCUT2D eigenvalue weighted by molar-refractivity contribution is 5.59. The number of hydrogen-bond acceptors (Lipinski definition) is 5. The summed E-state index contributed by atoms with van der Waals surface area (Å²) >= 11 is 0. The zero-order valence-electron chi connectivity index (χ0n) is 13.1. The predicted molar refractivity (Wildman–Crippen MR) is 82.6 cm³/mol. The highest BCUT2D eigenvalue weighted by Gasteiger charge is 2.23. The van der Waals surface area contributed by atoms with Crippen LogP contribution in [0.3, 0.4) is 0 Å². The highest BCUT2D eigenvalue weighted by Crippen LogP contribution is 2.26. The SMILES string of the molecule is CCCNc1nc(CC)nc(N2CCOCC2C)c1C. The number of anilines is 2. The normalized spacial score (nSPS) is 19.2. The van der Waals surface area contributed by atoms with Crippen LogP contribution < -0.4 is 10.2 Å². The van der Waals surface area contributed by atoms with E-state index in [9.17, 15) is 0 Å². The lowest BCUT2D eigenvalue weighted by molar-refractivity contribution is 0.0984. The van der Waals surface area contributed by atoms with Gasteiger partial charge in [0.25, 0.3) is 0 Å². The lowest BCUT2D eigenvalue weighted by atomic mass is 10.2. The molecular weight excluding hydrogens is 252 g/mol. The van der Waals surface area contributed by atoms with E-state index in [0.717, 1.165) is 62.2 Å². The van der Waals surface area contributed by atoms with E-state index < -0.39 is 0 Å². The number of hydrogen-bond donors (Lipinski definition) is 1. The molecule has 1 saturated heterocycles. The number of morpholine rings is 1. The van der Waals surface area contributed by atoms with E-state index >= 15 is 0 Å². The third-order valence-corrected chi connectivity index (χ3v) is 3.66. The number of nitrogens with zero attached hydrogens (tertiary/aromatic N) is 3. The van der Waals surface area contributed by atoms with Crippen LogP contribution in [0.4, 0.5) is 11.6 Å². The molecule has 0 spiro atoms.